The van der Waals surface area contributed by atoms with E-state index in [1.165, 1.54) is 97.3 Å². The molecule has 0 saturated carbocycles. The summed E-state index contributed by atoms with van der Waals surface area (Å²) in [6.07, 6.45) is 23.3. The van der Waals surface area contributed by atoms with Gasteiger partial charge in [-0.25, -0.2) is 0 Å². The number of unbranched alkanes of at least 4 members (excludes halogenated alkanes) is 12. The summed E-state index contributed by atoms with van der Waals surface area (Å²) in [4.78, 5) is 20.3. The Morgan fingerprint density at radius 2 is 1.12 bits per heavy atom. The van der Waals surface area contributed by atoms with Gasteiger partial charge in [0, 0.05) is 17.4 Å². The van der Waals surface area contributed by atoms with E-state index < -0.39 is 17.4 Å². The minimum atomic E-state index is -1.24. The molecule has 5 nitrogen and oxygen atoms in total. The molecule has 0 unspecified atom stereocenters. The zero-order valence-corrected chi connectivity index (χ0v) is 32.2. The normalized spacial score (nSPS) is 10.3. The second-order valence-electron chi connectivity index (χ2n) is 8.73. The summed E-state index contributed by atoms with van der Waals surface area (Å²) in [6, 6.07) is 0. The number of carboxylic acids is 2. The number of hydrogen-bond acceptors (Lipinski definition) is 4. The van der Waals surface area contributed by atoms with E-state index in [0.29, 0.717) is 6.54 Å². The molecule has 0 aliphatic heterocycles. The molecule has 0 rings (SSSR count). The average molecular weight is 542 g/mol. The molecule has 0 amide bonds. The van der Waals surface area contributed by atoms with Crippen molar-refractivity contribution in [2.45, 2.75) is 124 Å². The molecule has 1 N–H and O–H groups in total. The largest absolute Gasteiger partial charge is 1.00 e. The molecule has 0 aliphatic rings. The van der Waals surface area contributed by atoms with Crippen molar-refractivity contribution in [3.8, 4) is 0 Å². The summed E-state index contributed by atoms with van der Waals surface area (Å²) in [6.45, 7) is 5.73. The molecule has 8 heteroatoms. The van der Waals surface area contributed by atoms with Crippen molar-refractivity contribution in [1.29, 1.82) is 0 Å². The van der Waals surface area contributed by atoms with E-state index in [-0.39, 0.29) is 167 Å². The van der Waals surface area contributed by atoms with Crippen LogP contribution >= 0.6 is 0 Å². The van der Waals surface area contributed by atoms with Crippen LogP contribution in [0.1, 0.15) is 124 Å². The van der Waals surface area contributed by atoms with Gasteiger partial charge in [-0.15, -0.1) is 0 Å². The minimum absolute atomic E-state index is 0. The Bertz CT molecular complexity index is 447. The van der Waals surface area contributed by atoms with E-state index in [4.69, 9.17) is 5.73 Å². The van der Waals surface area contributed by atoms with Crippen LogP contribution in [0.25, 0.3) is 5.73 Å². The van der Waals surface area contributed by atoms with Gasteiger partial charge < -0.3 is 25.5 Å². The van der Waals surface area contributed by atoms with Gasteiger partial charge in [0.05, 0.1) is 0 Å². The monoisotopic (exact) mass is 541 g/mol. The third-order valence-corrected chi connectivity index (χ3v) is 5.20. The molecule has 0 aliphatic carbocycles. The van der Waals surface area contributed by atoms with Gasteiger partial charge in [-0.05, 0) is 38.5 Å². The molecule has 0 atom stereocenters. The predicted octanol–water partition coefficient (Wildman–Crippen LogP) is -3.62. The number of rotatable bonds is 19. The van der Waals surface area contributed by atoms with E-state index in [1.54, 1.807) is 0 Å². The standard InChI is InChI=1S/C18H36N.C7H12O4.3K/c1-2-3-4-5-6-7-8-9-10-11-12-13-14-15-16-17-18-19;1-7(2,6(10)11)4-3-5(8)9;;;/h9-10,19H,2-8,11-18H2,1H3;3-4H2,1-2H3,(H,8,9)(H,10,11);;;/q-1;;3*+1/p-2/b10-9-;;;;. The van der Waals surface area contributed by atoms with Crippen LogP contribution in [0, 0.1) is 5.41 Å². The van der Waals surface area contributed by atoms with Gasteiger partial charge in [-0.1, -0.05) is 97.1 Å². The second-order valence-corrected chi connectivity index (χ2v) is 8.73. The molecule has 0 heterocycles. The number of carbonyl (C=O) groups is 2. The number of carboxylic acid groups (broad SMARTS) is 2. The van der Waals surface area contributed by atoms with E-state index in [1.807, 2.05) is 0 Å². The van der Waals surface area contributed by atoms with Crippen molar-refractivity contribution < 1.29 is 174 Å². The van der Waals surface area contributed by atoms with E-state index in [9.17, 15) is 19.8 Å². The fraction of sp³-hybridized carbons (Fsp3) is 0.840. The third kappa shape index (κ3) is 40.2. The van der Waals surface area contributed by atoms with Crippen LogP contribution < -0.4 is 164 Å². The molecule has 0 saturated heterocycles. The fourth-order valence-corrected chi connectivity index (χ4v) is 2.89. The van der Waals surface area contributed by atoms with Crippen LogP contribution in [-0.4, -0.2) is 18.5 Å². The third-order valence-electron chi connectivity index (χ3n) is 5.20. The smallest absolute Gasteiger partial charge is 0.677 e. The molecule has 0 spiro atoms. The minimum Gasteiger partial charge on any atom is -0.677 e. The number of allylic oxidation sites excluding steroid dienone is 2. The van der Waals surface area contributed by atoms with Crippen molar-refractivity contribution in [3.63, 3.8) is 0 Å². The molecule has 0 aromatic heterocycles. The molecule has 0 aromatic carbocycles. The van der Waals surface area contributed by atoms with Crippen LogP contribution in [-0.2, 0) is 9.59 Å². The second kappa shape index (κ2) is 35.5. The van der Waals surface area contributed by atoms with Crippen molar-refractivity contribution in [3.05, 3.63) is 17.9 Å². The maximum atomic E-state index is 10.3. The van der Waals surface area contributed by atoms with Crippen LogP contribution in [0.2, 0.25) is 0 Å². The van der Waals surface area contributed by atoms with Gasteiger partial charge in [0.1, 0.15) is 0 Å². The Morgan fingerprint density at radius 1 is 0.727 bits per heavy atom. The molecular formula is C25H46K3NO4. The van der Waals surface area contributed by atoms with Crippen molar-refractivity contribution in [2.24, 2.45) is 5.41 Å². The van der Waals surface area contributed by atoms with Crippen LogP contribution in [0.4, 0.5) is 0 Å². The maximum Gasteiger partial charge on any atom is 1.00 e. The summed E-state index contributed by atoms with van der Waals surface area (Å²) in [5.41, 5.74) is 5.98. The van der Waals surface area contributed by atoms with Crippen LogP contribution in [0.3, 0.4) is 0 Å². The summed E-state index contributed by atoms with van der Waals surface area (Å²) >= 11 is 0. The summed E-state index contributed by atoms with van der Waals surface area (Å²) in [7, 11) is 0. The van der Waals surface area contributed by atoms with Gasteiger partial charge in [0.15, 0.2) is 0 Å². The topological polar surface area (TPSA) is 104 Å². The molecular weight excluding hydrogens is 496 g/mol. The average Bonchev–Trinajstić information content (AvgIpc) is 2.70. The zero-order valence-electron chi connectivity index (χ0n) is 22.8. The zero-order chi connectivity index (χ0) is 23.1. The Labute approximate surface area is 332 Å². The van der Waals surface area contributed by atoms with E-state index in [2.05, 4.69) is 19.1 Å². The molecule has 0 radical (unpaired) electrons. The van der Waals surface area contributed by atoms with Gasteiger partial charge >= 0.3 is 154 Å². The molecule has 0 aromatic rings. The van der Waals surface area contributed by atoms with Gasteiger partial charge in [-0.3, -0.25) is 0 Å². The number of hydrogen-bond donors (Lipinski definition) is 0. The Morgan fingerprint density at radius 3 is 1.48 bits per heavy atom. The predicted molar refractivity (Wildman–Crippen MR) is 122 cm³/mol. The molecule has 178 valence electrons. The number of nitrogens with one attached hydrogen (secondary N) is 1. The SMILES string of the molecule is CC(C)(CCC(=O)[O-])C(=O)[O-].CCCCCCCC/C=C\CCCCCCCC[NH-].[K+].[K+].[K+]. The first-order valence-electron chi connectivity index (χ1n) is 12.0. The van der Waals surface area contributed by atoms with Crippen LogP contribution in [0.5, 0.6) is 0 Å². The first-order valence-corrected chi connectivity index (χ1v) is 12.0. The van der Waals surface area contributed by atoms with Crippen molar-refractivity contribution in [1.82, 2.24) is 0 Å². The Hall–Kier alpha value is 3.55. The van der Waals surface area contributed by atoms with Gasteiger partial charge in [0.25, 0.3) is 0 Å². The van der Waals surface area contributed by atoms with E-state index >= 15 is 0 Å². The molecule has 33 heavy (non-hydrogen) atoms. The Balaban J connectivity index is -0.000000162. The van der Waals surface area contributed by atoms with Crippen molar-refractivity contribution in [2.75, 3.05) is 6.54 Å². The molecule has 0 fully saturated rings. The maximum absolute atomic E-state index is 10.3. The fourth-order valence-electron chi connectivity index (χ4n) is 2.89. The summed E-state index contributed by atoms with van der Waals surface area (Å²) < 4.78 is 0. The summed E-state index contributed by atoms with van der Waals surface area (Å²) in [5, 5.41) is 20.3. The van der Waals surface area contributed by atoms with Crippen molar-refractivity contribution >= 4 is 11.9 Å². The van der Waals surface area contributed by atoms with Gasteiger partial charge in [-0.2, -0.15) is 6.54 Å². The first-order chi connectivity index (χ1) is 14.3. The van der Waals surface area contributed by atoms with Crippen LogP contribution in [0.15, 0.2) is 12.2 Å². The van der Waals surface area contributed by atoms with Gasteiger partial charge in [0.2, 0.25) is 0 Å². The Kier molecular flexibility index (Phi) is 50.0. The van der Waals surface area contributed by atoms with E-state index in [0.717, 1.165) is 6.42 Å². The summed E-state index contributed by atoms with van der Waals surface area (Å²) in [5.74, 6) is -2.47. The molecule has 0 bridgehead atoms. The number of carbonyl (C=O) groups excluding carboxylic acids is 2. The first kappa shape index (κ1) is 46.4. The quantitative estimate of drug-likeness (QED) is 0.0957. The number of aliphatic carboxylic acids is 2.